The number of rotatable bonds is 4. The fourth-order valence-electron chi connectivity index (χ4n) is 2.96. The number of benzene rings is 1. The maximum atomic E-state index is 11.9. The number of carbonyl (C=O) groups excluding carboxylic acids is 1. The summed E-state index contributed by atoms with van der Waals surface area (Å²) < 4.78 is 0.984. The summed E-state index contributed by atoms with van der Waals surface area (Å²) in [6.45, 7) is 4.47. The van der Waals surface area contributed by atoms with Gasteiger partial charge in [0.1, 0.15) is 0 Å². The monoisotopic (exact) mass is 405 g/mol. The number of aryl methyl sites for hydroxylation is 1. The van der Waals surface area contributed by atoms with Crippen molar-refractivity contribution in [2.75, 3.05) is 11.9 Å². The quantitative estimate of drug-likeness (QED) is 0.469. The highest BCUT2D eigenvalue weighted by atomic mass is 32.1. The SMILES string of the molecule is C.CCNC(=O)Nc1nc2cc(-c3cccnc3)cc(-c3cc(C)ccn3)c2s1. The van der Waals surface area contributed by atoms with Crippen LogP contribution in [-0.2, 0) is 0 Å². The third kappa shape index (κ3) is 4.41. The topological polar surface area (TPSA) is 79.8 Å². The number of nitrogens with zero attached hydrogens (tertiary/aromatic N) is 3. The number of hydrogen-bond donors (Lipinski definition) is 2. The Morgan fingerprint density at radius 1 is 1.14 bits per heavy atom. The van der Waals surface area contributed by atoms with E-state index in [1.54, 1.807) is 6.20 Å². The van der Waals surface area contributed by atoms with Gasteiger partial charge in [0.15, 0.2) is 5.13 Å². The van der Waals surface area contributed by atoms with Crippen molar-refractivity contribution >= 4 is 32.7 Å². The van der Waals surface area contributed by atoms with Crippen molar-refractivity contribution < 1.29 is 4.79 Å². The maximum absolute atomic E-state index is 11.9. The third-order valence-corrected chi connectivity index (χ3v) is 5.25. The van der Waals surface area contributed by atoms with E-state index >= 15 is 0 Å². The Morgan fingerprint density at radius 3 is 2.72 bits per heavy atom. The first kappa shape index (κ1) is 20.4. The van der Waals surface area contributed by atoms with Gasteiger partial charge >= 0.3 is 6.03 Å². The van der Waals surface area contributed by atoms with Crippen LogP contribution in [0, 0.1) is 6.92 Å². The van der Waals surface area contributed by atoms with Crippen LogP contribution in [0.2, 0.25) is 0 Å². The van der Waals surface area contributed by atoms with Crippen molar-refractivity contribution in [1.29, 1.82) is 0 Å². The molecule has 0 aliphatic rings. The van der Waals surface area contributed by atoms with E-state index in [2.05, 4.69) is 37.7 Å². The molecule has 3 aromatic heterocycles. The van der Waals surface area contributed by atoms with Crippen molar-refractivity contribution in [3.05, 3.63) is 60.6 Å². The number of hydrogen-bond acceptors (Lipinski definition) is 5. The highest BCUT2D eigenvalue weighted by Gasteiger charge is 2.15. The molecule has 3 heterocycles. The average molecular weight is 406 g/mol. The minimum Gasteiger partial charge on any atom is -0.338 e. The number of urea groups is 1. The van der Waals surface area contributed by atoms with E-state index in [-0.39, 0.29) is 13.5 Å². The number of anilines is 1. The summed E-state index contributed by atoms with van der Waals surface area (Å²) in [7, 11) is 0. The third-order valence-electron chi connectivity index (χ3n) is 4.23. The number of fused-ring (bicyclic) bond motifs is 1. The summed E-state index contributed by atoms with van der Waals surface area (Å²) in [4.78, 5) is 25.3. The van der Waals surface area contributed by atoms with Gasteiger partial charge in [0.05, 0.1) is 15.9 Å². The van der Waals surface area contributed by atoms with E-state index in [1.807, 2.05) is 50.5 Å². The molecule has 0 saturated heterocycles. The van der Waals surface area contributed by atoms with Gasteiger partial charge in [-0.3, -0.25) is 15.3 Å². The smallest absolute Gasteiger partial charge is 0.321 e. The van der Waals surface area contributed by atoms with Crippen molar-refractivity contribution in [2.24, 2.45) is 0 Å². The fourth-order valence-corrected chi connectivity index (χ4v) is 3.93. The Labute approximate surface area is 174 Å². The van der Waals surface area contributed by atoms with Crippen molar-refractivity contribution in [3.8, 4) is 22.4 Å². The van der Waals surface area contributed by atoms with Gasteiger partial charge in [-0.25, -0.2) is 9.78 Å². The Bertz CT molecular complexity index is 1140. The Balaban J connectivity index is 0.00000240. The van der Waals surface area contributed by atoms with E-state index in [1.165, 1.54) is 11.3 Å². The lowest BCUT2D eigenvalue weighted by Gasteiger charge is -2.07. The molecule has 0 saturated carbocycles. The van der Waals surface area contributed by atoms with E-state index in [9.17, 15) is 4.79 Å². The van der Waals surface area contributed by atoms with Gasteiger partial charge in [-0.15, -0.1) is 0 Å². The summed E-state index contributed by atoms with van der Waals surface area (Å²) >= 11 is 1.44. The van der Waals surface area contributed by atoms with Crippen LogP contribution < -0.4 is 10.6 Å². The van der Waals surface area contributed by atoms with E-state index in [4.69, 9.17) is 0 Å². The molecule has 0 unspecified atom stereocenters. The molecule has 0 fully saturated rings. The van der Waals surface area contributed by atoms with Crippen LogP contribution >= 0.6 is 11.3 Å². The minimum absolute atomic E-state index is 0. The minimum atomic E-state index is -0.260. The second-order valence-corrected chi connectivity index (χ2v) is 7.33. The molecule has 2 N–H and O–H groups in total. The zero-order chi connectivity index (χ0) is 19.5. The van der Waals surface area contributed by atoms with Gasteiger partial charge < -0.3 is 5.32 Å². The molecule has 148 valence electrons. The fraction of sp³-hybridized carbons (Fsp3) is 0.182. The first-order valence-corrected chi connectivity index (χ1v) is 9.78. The van der Waals surface area contributed by atoms with E-state index in [0.29, 0.717) is 11.7 Å². The molecule has 0 aliphatic heterocycles. The summed E-state index contributed by atoms with van der Waals surface area (Å²) in [6, 6.07) is 11.8. The maximum Gasteiger partial charge on any atom is 0.321 e. The molecule has 6 nitrogen and oxygen atoms in total. The molecular weight excluding hydrogens is 382 g/mol. The van der Waals surface area contributed by atoms with Crippen molar-refractivity contribution in [3.63, 3.8) is 0 Å². The second-order valence-electron chi connectivity index (χ2n) is 6.34. The number of aromatic nitrogens is 3. The van der Waals surface area contributed by atoms with Gasteiger partial charge in [0, 0.05) is 36.3 Å². The number of thiazole rings is 1. The average Bonchev–Trinajstić information content (AvgIpc) is 3.10. The summed E-state index contributed by atoms with van der Waals surface area (Å²) in [5.41, 5.74) is 5.83. The van der Waals surface area contributed by atoms with Crippen molar-refractivity contribution in [2.45, 2.75) is 21.3 Å². The molecule has 29 heavy (non-hydrogen) atoms. The van der Waals surface area contributed by atoms with Crippen LogP contribution in [0.5, 0.6) is 0 Å². The lowest BCUT2D eigenvalue weighted by atomic mass is 10.0. The van der Waals surface area contributed by atoms with Gasteiger partial charge in [0.2, 0.25) is 0 Å². The molecule has 0 bridgehead atoms. The van der Waals surface area contributed by atoms with Crippen molar-refractivity contribution in [1.82, 2.24) is 20.3 Å². The molecule has 0 aliphatic carbocycles. The zero-order valence-electron chi connectivity index (χ0n) is 15.6. The number of nitrogens with one attached hydrogen (secondary N) is 2. The molecule has 1 aromatic carbocycles. The first-order valence-electron chi connectivity index (χ1n) is 8.97. The van der Waals surface area contributed by atoms with E-state index in [0.717, 1.165) is 38.2 Å². The Morgan fingerprint density at radius 2 is 2.00 bits per heavy atom. The van der Waals surface area contributed by atoms with Gasteiger partial charge in [0.25, 0.3) is 0 Å². The van der Waals surface area contributed by atoms with Gasteiger partial charge in [-0.2, -0.15) is 0 Å². The highest BCUT2D eigenvalue weighted by Crippen LogP contribution is 2.38. The number of carbonyl (C=O) groups is 1. The molecule has 7 heteroatoms. The molecule has 4 aromatic rings. The molecule has 4 rings (SSSR count). The standard InChI is InChI=1S/C21H19N5OS.CH4/c1-3-23-20(27)26-21-25-18-11-15(14-5-4-7-22-12-14)10-16(19(18)28-21)17-9-13(2)6-8-24-17;/h4-12H,3H2,1-2H3,(H2,23,25,26,27);1H4. The van der Waals surface area contributed by atoms with Crippen LogP contribution in [0.4, 0.5) is 9.93 Å². The molecule has 0 atom stereocenters. The first-order chi connectivity index (χ1) is 13.6. The lowest BCUT2D eigenvalue weighted by molar-refractivity contribution is 0.252. The predicted octanol–water partition coefficient (Wildman–Crippen LogP) is 5.51. The summed E-state index contributed by atoms with van der Waals surface area (Å²) in [5.74, 6) is 0. The molecular formula is C22H23N5OS. The Hall–Kier alpha value is -3.32. The van der Waals surface area contributed by atoms with Crippen LogP contribution in [0.3, 0.4) is 0 Å². The van der Waals surface area contributed by atoms with Gasteiger partial charge in [-0.1, -0.05) is 24.8 Å². The normalized spacial score (nSPS) is 10.4. The molecule has 2 amide bonds. The largest absolute Gasteiger partial charge is 0.338 e. The summed E-state index contributed by atoms with van der Waals surface area (Å²) in [6.07, 6.45) is 5.39. The van der Waals surface area contributed by atoms with Crippen LogP contribution in [0.15, 0.2) is 55.0 Å². The Kier molecular flexibility index (Phi) is 6.19. The number of pyridine rings is 2. The van der Waals surface area contributed by atoms with Crippen LogP contribution in [-0.4, -0.2) is 27.5 Å². The second kappa shape index (κ2) is 8.79. The number of amides is 2. The lowest BCUT2D eigenvalue weighted by Crippen LogP contribution is -2.28. The van der Waals surface area contributed by atoms with Gasteiger partial charge in [-0.05, 0) is 55.3 Å². The highest BCUT2D eigenvalue weighted by molar-refractivity contribution is 7.22. The van der Waals surface area contributed by atoms with Crippen LogP contribution in [0.25, 0.3) is 32.6 Å². The summed E-state index contributed by atoms with van der Waals surface area (Å²) in [5, 5.41) is 6.09. The molecule has 0 radical (unpaired) electrons. The zero-order valence-corrected chi connectivity index (χ0v) is 16.4. The molecule has 0 spiro atoms. The van der Waals surface area contributed by atoms with E-state index < -0.39 is 0 Å². The predicted molar refractivity (Wildman–Crippen MR) is 120 cm³/mol. The van der Waals surface area contributed by atoms with Crippen LogP contribution in [0.1, 0.15) is 19.9 Å².